The van der Waals surface area contributed by atoms with Gasteiger partial charge in [-0.05, 0) is 37.1 Å². The molecular weight excluding hydrogens is 270 g/mol. The molecule has 0 aliphatic carbocycles. The maximum atomic E-state index is 11.7. The van der Waals surface area contributed by atoms with E-state index < -0.39 is 11.9 Å². The number of halogens is 1. The number of hydrogen-bond acceptors (Lipinski definition) is 4. The largest absolute Gasteiger partial charge is 0.352 e. The smallest absolute Gasteiger partial charge is 0.260 e. The highest BCUT2D eigenvalue weighted by atomic mass is 35.5. The molecule has 0 spiro atoms. The topological polar surface area (TPSA) is 104 Å². The van der Waals surface area contributed by atoms with Crippen molar-refractivity contribution in [2.75, 3.05) is 6.54 Å². The molecule has 1 aromatic rings. The Hall–Kier alpha value is -1.63. The first-order chi connectivity index (χ1) is 9.04. The Morgan fingerprint density at radius 2 is 1.95 bits per heavy atom. The third kappa shape index (κ3) is 5.25. The quantitative estimate of drug-likeness (QED) is 0.350. The first-order valence-corrected chi connectivity index (χ1v) is 6.15. The average Bonchev–Trinajstić information content (AvgIpc) is 2.42. The van der Waals surface area contributed by atoms with Gasteiger partial charge in [-0.3, -0.25) is 14.8 Å². The molecule has 0 bridgehead atoms. The van der Waals surface area contributed by atoms with Crippen molar-refractivity contribution < 1.29 is 14.8 Å². The minimum absolute atomic E-state index is 0.211. The van der Waals surface area contributed by atoms with Crippen LogP contribution < -0.4 is 16.5 Å². The van der Waals surface area contributed by atoms with Crippen LogP contribution in [-0.4, -0.2) is 29.6 Å². The Bertz CT molecular complexity index is 436. The number of carbonyl (C=O) groups is 2. The molecule has 0 saturated heterocycles. The van der Waals surface area contributed by atoms with Crippen molar-refractivity contribution in [1.82, 2.24) is 10.8 Å². The molecule has 19 heavy (non-hydrogen) atoms. The van der Waals surface area contributed by atoms with Crippen molar-refractivity contribution >= 4 is 23.4 Å². The number of carbonyl (C=O) groups excluding carboxylic acids is 2. The van der Waals surface area contributed by atoms with Crippen LogP contribution in [0.2, 0.25) is 5.02 Å². The van der Waals surface area contributed by atoms with Crippen molar-refractivity contribution in [2.45, 2.75) is 18.9 Å². The molecule has 6 nitrogen and oxygen atoms in total. The molecule has 1 atom stereocenters. The molecule has 0 unspecified atom stereocenters. The lowest BCUT2D eigenvalue weighted by atomic mass is 10.1. The molecule has 2 amide bonds. The zero-order valence-corrected chi connectivity index (χ0v) is 11.0. The van der Waals surface area contributed by atoms with Crippen LogP contribution in [0.1, 0.15) is 23.2 Å². The number of rotatable bonds is 6. The van der Waals surface area contributed by atoms with E-state index in [1.165, 1.54) is 5.48 Å². The lowest BCUT2D eigenvalue weighted by molar-refractivity contribution is -0.130. The summed E-state index contributed by atoms with van der Waals surface area (Å²) in [4.78, 5) is 22.6. The van der Waals surface area contributed by atoms with Crippen molar-refractivity contribution in [3.05, 3.63) is 34.9 Å². The monoisotopic (exact) mass is 285 g/mol. The molecule has 1 aromatic carbocycles. The Kier molecular flexibility index (Phi) is 6.27. The molecule has 0 saturated carbocycles. The van der Waals surface area contributed by atoms with Gasteiger partial charge in [0.1, 0.15) is 0 Å². The lowest BCUT2D eigenvalue weighted by Gasteiger charge is -2.09. The molecule has 0 aromatic heterocycles. The van der Waals surface area contributed by atoms with Gasteiger partial charge in [0, 0.05) is 17.1 Å². The Morgan fingerprint density at radius 3 is 2.53 bits per heavy atom. The van der Waals surface area contributed by atoms with Gasteiger partial charge in [0.05, 0.1) is 6.04 Å². The highest BCUT2D eigenvalue weighted by molar-refractivity contribution is 6.30. The van der Waals surface area contributed by atoms with E-state index in [1.54, 1.807) is 24.3 Å². The van der Waals surface area contributed by atoms with E-state index >= 15 is 0 Å². The van der Waals surface area contributed by atoms with Crippen LogP contribution in [0.4, 0.5) is 0 Å². The fourth-order valence-corrected chi connectivity index (χ4v) is 1.57. The van der Waals surface area contributed by atoms with E-state index in [4.69, 9.17) is 22.5 Å². The zero-order valence-electron chi connectivity index (χ0n) is 10.2. The normalized spacial score (nSPS) is 11.7. The van der Waals surface area contributed by atoms with Gasteiger partial charge in [-0.1, -0.05) is 11.6 Å². The average molecular weight is 286 g/mol. The van der Waals surface area contributed by atoms with E-state index in [2.05, 4.69) is 5.32 Å². The van der Waals surface area contributed by atoms with E-state index in [0.717, 1.165) is 0 Å². The predicted octanol–water partition coefficient (Wildman–Crippen LogP) is 0.683. The minimum Gasteiger partial charge on any atom is -0.352 e. The summed E-state index contributed by atoms with van der Waals surface area (Å²) in [5.41, 5.74) is 7.47. The Labute approximate surface area is 115 Å². The zero-order chi connectivity index (χ0) is 14.3. The van der Waals surface area contributed by atoms with Crippen LogP contribution in [0.25, 0.3) is 0 Å². The third-order valence-corrected chi connectivity index (χ3v) is 2.78. The van der Waals surface area contributed by atoms with Gasteiger partial charge in [0.2, 0.25) is 0 Å². The number of nitrogens with two attached hydrogens (primary N) is 1. The van der Waals surface area contributed by atoms with Gasteiger partial charge in [-0.25, -0.2) is 5.48 Å². The molecule has 0 fully saturated rings. The first kappa shape index (κ1) is 15.4. The molecule has 7 heteroatoms. The Morgan fingerprint density at radius 1 is 1.32 bits per heavy atom. The highest BCUT2D eigenvalue weighted by Crippen LogP contribution is 2.09. The van der Waals surface area contributed by atoms with E-state index in [9.17, 15) is 9.59 Å². The highest BCUT2D eigenvalue weighted by Gasteiger charge is 2.11. The molecule has 0 aliphatic rings. The fraction of sp³-hybridized carbons (Fsp3) is 0.333. The van der Waals surface area contributed by atoms with E-state index in [1.807, 2.05) is 0 Å². The third-order valence-electron chi connectivity index (χ3n) is 2.53. The second-order valence-corrected chi connectivity index (χ2v) is 4.42. The number of amides is 2. The summed E-state index contributed by atoms with van der Waals surface area (Å²) < 4.78 is 0. The summed E-state index contributed by atoms with van der Waals surface area (Å²) >= 11 is 5.72. The molecule has 5 N–H and O–H groups in total. The number of benzene rings is 1. The summed E-state index contributed by atoms with van der Waals surface area (Å²) in [5.74, 6) is -0.846. The molecule has 104 valence electrons. The van der Waals surface area contributed by atoms with Crippen LogP contribution in [0.5, 0.6) is 0 Å². The van der Waals surface area contributed by atoms with Gasteiger partial charge >= 0.3 is 0 Å². The second-order valence-electron chi connectivity index (χ2n) is 3.99. The molecule has 0 radical (unpaired) electrons. The van der Waals surface area contributed by atoms with Gasteiger partial charge in [-0.2, -0.15) is 0 Å². The minimum atomic E-state index is -0.780. The summed E-state index contributed by atoms with van der Waals surface area (Å²) in [6.45, 7) is 0.397. The van der Waals surface area contributed by atoms with Gasteiger partial charge < -0.3 is 11.1 Å². The molecule has 0 heterocycles. The van der Waals surface area contributed by atoms with Crippen molar-refractivity contribution in [2.24, 2.45) is 5.73 Å². The van der Waals surface area contributed by atoms with Gasteiger partial charge in [0.25, 0.3) is 11.8 Å². The summed E-state index contributed by atoms with van der Waals surface area (Å²) in [5, 5.41) is 11.6. The molecule has 0 aliphatic heterocycles. The maximum absolute atomic E-state index is 11.7. The maximum Gasteiger partial charge on any atom is 0.260 e. The number of nitrogens with one attached hydrogen (secondary N) is 2. The first-order valence-electron chi connectivity index (χ1n) is 5.78. The van der Waals surface area contributed by atoms with Gasteiger partial charge in [-0.15, -0.1) is 0 Å². The van der Waals surface area contributed by atoms with Crippen LogP contribution >= 0.6 is 11.6 Å². The summed E-state index contributed by atoms with van der Waals surface area (Å²) in [7, 11) is 0. The van der Waals surface area contributed by atoms with Crippen LogP contribution in [0, 0.1) is 0 Å². The van der Waals surface area contributed by atoms with E-state index in [-0.39, 0.29) is 5.91 Å². The Balaban J connectivity index is 2.28. The van der Waals surface area contributed by atoms with Crippen LogP contribution in [0.15, 0.2) is 24.3 Å². The van der Waals surface area contributed by atoms with Gasteiger partial charge in [0.15, 0.2) is 0 Å². The standard InChI is InChI=1S/C12H16ClN3O3/c13-9-5-3-8(4-6-9)11(17)15-7-1-2-10(14)12(18)16-19/h3-6,10,19H,1-2,7,14H2,(H,15,17)(H,16,18)/t10-/m0/s1. The van der Waals surface area contributed by atoms with Crippen LogP contribution in [-0.2, 0) is 4.79 Å². The SMILES string of the molecule is N[C@@H](CCCNC(=O)c1ccc(Cl)cc1)C(=O)NO. The lowest BCUT2D eigenvalue weighted by Crippen LogP contribution is -2.39. The second kappa shape index (κ2) is 7.73. The van der Waals surface area contributed by atoms with Crippen molar-refractivity contribution in [3.8, 4) is 0 Å². The number of hydroxylamine groups is 1. The summed E-state index contributed by atoms with van der Waals surface area (Å²) in [6, 6.07) is 5.75. The van der Waals surface area contributed by atoms with E-state index in [0.29, 0.717) is 30.0 Å². The van der Waals surface area contributed by atoms with Crippen molar-refractivity contribution in [3.63, 3.8) is 0 Å². The predicted molar refractivity (Wildman–Crippen MR) is 70.9 cm³/mol. The van der Waals surface area contributed by atoms with Crippen LogP contribution in [0.3, 0.4) is 0 Å². The molecule has 1 rings (SSSR count). The fourth-order valence-electron chi connectivity index (χ4n) is 1.44. The molecular formula is C12H16ClN3O3. The number of hydrogen-bond donors (Lipinski definition) is 4. The summed E-state index contributed by atoms with van der Waals surface area (Å²) in [6.07, 6.45) is 0.904. The van der Waals surface area contributed by atoms with Crippen molar-refractivity contribution in [1.29, 1.82) is 0 Å².